The maximum absolute atomic E-state index is 13.1. The lowest BCUT2D eigenvalue weighted by Gasteiger charge is -2.30. The van der Waals surface area contributed by atoms with Gasteiger partial charge in [0.1, 0.15) is 9.21 Å². The molecule has 0 radical (unpaired) electrons. The number of hydrogen-bond acceptors (Lipinski definition) is 8. The Morgan fingerprint density at radius 1 is 1.20 bits per heavy atom. The van der Waals surface area contributed by atoms with Crippen molar-refractivity contribution in [2.45, 2.75) is 50.2 Å². The van der Waals surface area contributed by atoms with Gasteiger partial charge in [0.2, 0.25) is 5.91 Å². The molecule has 2 aromatic rings. The third kappa shape index (κ3) is 5.60. The summed E-state index contributed by atoms with van der Waals surface area (Å²) < 4.78 is 32.1. The quantitative estimate of drug-likeness (QED) is 0.575. The lowest BCUT2D eigenvalue weighted by atomic mass is 9.88. The van der Waals surface area contributed by atoms with E-state index in [-0.39, 0.29) is 31.5 Å². The van der Waals surface area contributed by atoms with Gasteiger partial charge in [0.15, 0.2) is 0 Å². The van der Waals surface area contributed by atoms with E-state index in [1.165, 1.54) is 27.0 Å². The second kappa shape index (κ2) is 10.8. The summed E-state index contributed by atoms with van der Waals surface area (Å²) in [6.07, 6.45) is 2.40. The number of alkyl carbamates (subject to hydrolysis) is 1. The Bertz CT molecular complexity index is 1200. The largest absolute Gasteiger partial charge is 0.450 e. The average Bonchev–Trinajstić information content (AvgIpc) is 3.47. The van der Waals surface area contributed by atoms with Gasteiger partial charge in [0.05, 0.1) is 12.2 Å². The van der Waals surface area contributed by atoms with E-state index in [4.69, 9.17) is 4.74 Å². The zero-order chi connectivity index (χ0) is 25.2. The molecule has 0 saturated carbocycles. The lowest BCUT2D eigenvalue weighted by Crippen LogP contribution is -2.41. The number of hydrogen-bond donors (Lipinski definition) is 2. The maximum Gasteiger partial charge on any atom is 0.414 e. The van der Waals surface area contributed by atoms with Crippen LogP contribution in [0.3, 0.4) is 0 Å². The van der Waals surface area contributed by atoms with Crippen molar-refractivity contribution in [3.8, 4) is 0 Å². The molecule has 2 N–H and O–H groups in total. The van der Waals surface area contributed by atoms with E-state index >= 15 is 0 Å². The number of anilines is 1. The van der Waals surface area contributed by atoms with Crippen LogP contribution in [0.4, 0.5) is 9.80 Å². The van der Waals surface area contributed by atoms with Crippen LogP contribution < -0.4 is 10.6 Å². The molecule has 1 aliphatic carbocycles. The van der Waals surface area contributed by atoms with Gasteiger partial charge in [0, 0.05) is 23.9 Å². The van der Waals surface area contributed by atoms with E-state index in [9.17, 15) is 22.8 Å². The third-order valence-electron chi connectivity index (χ3n) is 6.38. The van der Waals surface area contributed by atoms with Gasteiger partial charge in [-0.2, -0.15) is 4.31 Å². The Hall–Kier alpha value is -2.28. The Kier molecular flexibility index (Phi) is 7.94. The van der Waals surface area contributed by atoms with Crippen LogP contribution in [0.1, 0.15) is 53.9 Å². The highest BCUT2D eigenvalue weighted by Gasteiger charge is 2.34. The highest BCUT2D eigenvalue weighted by atomic mass is 32.2. The van der Waals surface area contributed by atoms with Crippen molar-refractivity contribution in [3.05, 3.63) is 33.5 Å². The molecule has 2 aliphatic rings. The fraction of sp³-hybridized carbons (Fsp3) is 0.522. The summed E-state index contributed by atoms with van der Waals surface area (Å²) in [5.41, 5.74) is 1.21. The summed E-state index contributed by atoms with van der Waals surface area (Å²) in [6.45, 7) is 4.46. The van der Waals surface area contributed by atoms with Crippen molar-refractivity contribution in [3.63, 3.8) is 0 Å². The molecule has 1 atom stereocenters. The second-order valence-electron chi connectivity index (χ2n) is 8.83. The molecule has 1 fully saturated rings. The summed E-state index contributed by atoms with van der Waals surface area (Å²) >= 11 is 2.56. The van der Waals surface area contributed by atoms with Gasteiger partial charge in [-0.3, -0.25) is 14.9 Å². The van der Waals surface area contributed by atoms with Crippen molar-refractivity contribution in [2.24, 2.45) is 11.8 Å². The van der Waals surface area contributed by atoms with Gasteiger partial charge in [-0.15, -0.1) is 22.7 Å². The van der Waals surface area contributed by atoms with Gasteiger partial charge in [-0.1, -0.05) is 13.0 Å². The first-order valence-corrected chi connectivity index (χ1v) is 14.8. The minimum Gasteiger partial charge on any atom is -0.450 e. The fourth-order valence-electron chi connectivity index (χ4n) is 4.51. The second-order valence-corrected chi connectivity index (χ2v) is 13.0. The fourth-order valence-corrected chi connectivity index (χ4v) is 8.54. The van der Waals surface area contributed by atoms with Gasteiger partial charge in [-0.25, -0.2) is 13.2 Å². The molecule has 1 saturated heterocycles. The van der Waals surface area contributed by atoms with Gasteiger partial charge < -0.3 is 10.1 Å². The third-order valence-corrected chi connectivity index (χ3v) is 10.8. The number of rotatable bonds is 6. The van der Waals surface area contributed by atoms with Crippen molar-refractivity contribution < 1.29 is 27.5 Å². The Morgan fingerprint density at radius 2 is 1.94 bits per heavy atom. The Balaban J connectivity index is 1.47. The Labute approximate surface area is 212 Å². The van der Waals surface area contributed by atoms with Crippen LogP contribution in [0.5, 0.6) is 0 Å². The van der Waals surface area contributed by atoms with Crippen molar-refractivity contribution in [2.75, 3.05) is 25.0 Å². The van der Waals surface area contributed by atoms with Crippen LogP contribution in [-0.2, 0) is 32.4 Å². The number of nitrogens with zero attached hydrogens (tertiary/aromatic N) is 1. The number of amides is 3. The van der Waals surface area contributed by atoms with E-state index in [0.29, 0.717) is 40.0 Å². The molecule has 190 valence electrons. The number of carbonyl (C=O) groups excluding carboxylic acids is 3. The number of nitrogens with one attached hydrogen (secondary N) is 2. The average molecular weight is 540 g/mol. The number of fused-ring (bicyclic) bond motifs is 1. The van der Waals surface area contributed by atoms with E-state index in [0.717, 1.165) is 23.3 Å². The van der Waals surface area contributed by atoms with E-state index in [2.05, 4.69) is 17.6 Å². The molecule has 0 bridgehead atoms. The molecule has 9 nitrogen and oxygen atoms in total. The minimum atomic E-state index is -3.54. The first-order valence-electron chi connectivity index (χ1n) is 11.7. The summed E-state index contributed by atoms with van der Waals surface area (Å²) in [6, 6.07) is 3.29. The predicted molar refractivity (Wildman–Crippen MR) is 134 cm³/mol. The summed E-state index contributed by atoms with van der Waals surface area (Å²) in [4.78, 5) is 39.0. The molecule has 3 heterocycles. The van der Waals surface area contributed by atoms with Gasteiger partial charge in [-0.05, 0) is 62.0 Å². The lowest BCUT2D eigenvalue weighted by molar-refractivity contribution is -0.120. The topological polar surface area (TPSA) is 122 Å². The number of ether oxygens (including phenoxy) is 1. The number of sulfonamides is 1. The molecule has 12 heteroatoms. The zero-order valence-corrected chi connectivity index (χ0v) is 22.1. The van der Waals surface area contributed by atoms with Crippen LogP contribution in [0.2, 0.25) is 0 Å². The van der Waals surface area contributed by atoms with E-state index < -0.39 is 22.0 Å². The van der Waals surface area contributed by atoms with E-state index in [1.807, 2.05) is 0 Å². The van der Waals surface area contributed by atoms with Crippen molar-refractivity contribution in [1.82, 2.24) is 9.62 Å². The standard InChI is InChI=1S/C23H29N3O6S3/c1-3-32-23(29)25-21(28)19-16-7-6-14(2)13-17(16)34-22(19)24-20(27)15-8-10-26(11-9-15)35(30,31)18-5-4-12-33-18/h4-5,12,14-15H,3,6-11,13H2,1-2H3,(H,24,27)(H,25,28,29). The number of piperidine rings is 1. The monoisotopic (exact) mass is 539 g/mol. The molecular formula is C23H29N3O6S3. The predicted octanol–water partition coefficient (Wildman–Crippen LogP) is 3.86. The van der Waals surface area contributed by atoms with Gasteiger partial charge >= 0.3 is 6.09 Å². The molecule has 2 aromatic heterocycles. The molecule has 1 aliphatic heterocycles. The summed E-state index contributed by atoms with van der Waals surface area (Å²) in [7, 11) is -3.54. The molecule has 0 spiro atoms. The molecule has 3 amide bonds. The van der Waals surface area contributed by atoms with Crippen LogP contribution in [-0.4, -0.2) is 50.3 Å². The van der Waals surface area contributed by atoms with Gasteiger partial charge in [0.25, 0.3) is 15.9 Å². The number of thiophene rings is 2. The van der Waals surface area contributed by atoms with Crippen LogP contribution in [0.15, 0.2) is 21.7 Å². The first-order chi connectivity index (χ1) is 16.7. The smallest absolute Gasteiger partial charge is 0.414 e. The summed E-state index contributed by atoms with van der Waals surface area (Å²) in [5, 5.41) is 7.34. The minimum absolute atomic E-state index is 0.142. The number of carbonyl (C=O) groups is 3. The van der Waals surface area contributed by atoms with E-state index in [1.54, 1.807) is 24.4 Å². The highest BCUT2D eigenvalue weighted by molar-refractivity contribution is 7.91. The Morgan fingerprint density at radius 3 is 2.60 bits per heavy atom. The SMILES string of the molecule is CCOC(=O)NC(=O)c1c(NC(=O)C2CCN(S(=O)(=O)c3cccs3)CC2)sc2c1CCC(C)C2. The molecular weight excluding hydrogens is 510 g/mol. The van der Waals surface area contributed by atoms with Crippen molar-refractivity contribution >= 4 is 55.6 Å². The van der Waals surface area contributed by atoms with Crippen molar-refractivity contribution in [1.29, 1.82) is 0 Å². The number of imide groups is 1. The van der Waals surface area contributed by atoms with Crippen LogP contribution in [0, 0.1) is 11.8 Å². The van der Waals surface area contributed by atoms with Crippen LogP contribution in [0.25, 0.3) is 0 Å². The molecule has 4 rings (SSSR count). The molecule has 1 unspecified atom stereocenters. The normalized spacial score (nSPS) is 19.1. The molecule has 0 aromatic carbocycles. The van der Waals surface area contributed by atoms with Crippen LogP contribution >= 0.6 is 22.7 Å². The first kappa shape index (κ1) is 25.8. The maximum atomic E-state index is 13.1. The highest BCUT2D eigenvalue weighted by Crippen LogP contribution is 2.40. The summed E-state index contributed by atoms with van der Waals surface area (Å²) in [5.74, 6) is -0.721. The zero-order valence-electron chi connectivity index (χ0n) is 19.7. The molecule has 35 heavy (non-hydrogen) atoms.